The minimum absolute atomic E-state index is 0.221. The topological polar surface area (TPSA) is 6.48 Å². The van der Waals surface area contributed by atoms with Crippen molar-refractivity contribution < 1.29 is 0 Å². The van der Waals surface area contributed by atoms with E-state index in [9.17, 15) is 0 Å². The molecule has 1 saturated heterocycles. The zero-order chi connectivity index (χ0) is 8.10. The summed E-state index contributed by atoms with van der Waals surface area (Å²) < 4.78 is 5.26. The Morgan fingerprint density at radius 1 is 1.18 bits per heavy atom. The molecule has 0 aromatic carbocycles. The Morgan fingerprint density at radius 2 is 1.73 bits per heavy atom. The highest BCUT2D eigenvalue weighted by atomic mass is 127. The molecule has 0 unspecified atom stereocenters. The summed E-state index contributed by atoms with van der Waals surface area (Å²) in [6.45, 7) is 8.52. The van der Waals surface area contributed by atoms with E-state index < -0.39 is 0 Å². The van der Waals surface area contributed by atoms with Gasteiger partial charge in [0.25, 0.3) is 0 Å². The monoisotopic (exact) mass is 268 g/mol. The number of alkyl halides is 1. The lowest BCUT2D eigenvalue weighted by Crippen LogP contribution is -2.45. The maximum atomic E-state index is 3.97. The summed E-state index contributed by atoms with van der Waals surface area (Å²) in [5.74, 6) is 0. The van der Waals surface area contributed by atoms with Gasteiger partial charge in [0, 0.05) is 30.7 Å². The van der Waals surface area contributed by atoms with E-state index in [1.165, 1.54) is 37.3 Å². The standard InChI is InChI=1S/C8H17IN2/c1-3-10-4-6-11(7-5-10)8-9-2/h2-8H2,1H3. The molecule has 0 atom stereocenters. The van der Waals surface area contributed by atoms with Gasteiger partial charge in [0.1, 0.15) is 0 Å². The zero-order valence-corrected chi connectivity index (χ0v) is 9.38. The molecule has 2 nitrogen and oxygen atoms in total. The molecule has 3 heteroatoms. The fraction of sp³-hybridized carbons (Fsp3) is 0.875. The normalized spacial score (nSPS) is 22.3. The van der Waals surface area contributed by atoms with E-state index >= 15 is 0 Å². The van der Waals surface area contributed by atoms with Crippen LogP contribution < -0.4 is 0 Å². The molecular formula is C8H17IN2. The first-order valence-corrected chi connectivity index (χ1v) is 7.19. The molecule has 0 radical (unpaired) electrons. The molecule has 11 heavy (non-hydrogen) atoms. The van der Waals surface area contributed by atoms with Gasteiger partial charge in [0.05, 0.1) is 0 Å². The van der Waals surface area contributed by atoms with Crippen LogP contribution in [0.4, 0.5) is 0 Å². The third-order valence-corrected chi connectivity index (χ3v) is 3.61. The third kappa shape index (κ3) is 3.17. The van der Waals surface area contributed by atoms with Gasteiger partial charge in [-0.05, 0) is 6.54 Å². The maximum Gasteiger partial charge on any atom is 0.0453 e. The Hall–Kier alpha value is 0.520. The molecule has 1 rings (SSSR count). The number of rotatable bonds is 3. The summed E-state index contributed by atoms with van der Waals surface area (Å²) in [6.07, 6.45) is 0. The van der Waals surface area contributed by atoms with Gasteiger partial charge in [0.2, 0.25) is 0 Å². The fourth-order valence-electron chi connectivity index (χ4n) is 1.34. The molecule has 1 heterocycles. The summed E-state index contributed by atoms with van der Waals surface area (Å²) in [4.78, 5) is 5.06. The highest BCUT2D eigenvalue weighted by molar-refractivity contribution is 14.2. The smallest absolute Gasteiger partial charge is 0.0453 e. The van der Waals surface area contributed by atoms with Crippen LogP contribution in [0.2, 0.25) is 0 Å². The maximum absolute atomic E-state index is 3.97. The lowest BCUT2D eigenvalue weighted by atomic mass is 10.3. The summed E-state index contributed by atoms with van der Waals surface area (Å²) in [5, 5.41) is 0. The van der Waals surface area contributed by atoms with Crippen molar-refractivity contribution in [1.82, 2.24) is 9.80 Å². The van der Waals surface area contributed by atoms with Crippen LogP contribution in [0.3, 0.4) is 0 Å². The number of hydrogen-bond donors (Lipinski definition) is 0. The minimum atomic E-state index is 0.221. The van der Waals surface area contributed by atoms with Crippen LogP contribution in [0.1, 0.15) is 6.92 Å². The molecule has 0 aromatic heterocycles. The van der Waals surface area contributed by atoms with Gasteiger partial charge in [-0.2, -0.15) is 0 Å². The number of hydrogen-bond acceptors (Lipinski definition) is 2. The van der Waals surface area contributed by atoms with Crippen molar-refractivity contribution in [2.24, 2.45) is 0 Å². The summed E-state index contributed by atoms with van der Waals surface area (Å²) >= 11 is 0.221. The molecule has 0 amide bonds. The van der Waals surface area contributed by atoms with E-state index in [0.717, 1.165) is 0 Å². The second kappa shape index (κ2) is 5.22. The average Bonchev–Trinajstić information content (AvgIpc) is 2.07. The number of piperazine rings is 1. The summed E-state index contributed by atoms with van der Waals surface area (Å²) in [6, 6.07) is 0. The second-order valence-electron chi connectivity index (χ2n) is 2.86. The Kier molecular flexibility index (Phi) is 4.56. The van der Waals surface area contributed by atoms with Crippen molar-refractivity contribution >= 4 is 25.2 Å². The summed E-state index contributed by atoms with van der Waals surface area (Å²) in [7, 11) is 0. The van der Waals surface area contributed by atoms with E-state index in [-0.39, 0.29) is 20.7 Å². The fourth-order valence-corrected chi connectivity index (χ4v) is 2.71. The molecule has 0 N–H and O–H groups in total. The van der Waals surface area contributed by atoms with Crippen molar-refractivity contribution in [1.29, 1.82) is 0 Å². The van der Waals surface area contributed by atoms with Crippen LogP contribution in [-0.4, -0.2) is 51.6 Å². The molecule has 0 saturated carbocycles. The van der Waals surface area contributed by atoms with Crippen LogP contribution in [0.5, 0.6) is 0 Å². The summed E-state index contributed by atoms with van der Waals surface area (Å²) in [5.41, 5.74) is 0. The number of nitrogens with zero attached hydrogens (tertiary/aromatic N) is 2. The molecule has 66 valence electrons. The predicted molar refractivity (Wildman–Crippen MR) is 59.7 cm³/mol. The van der Waals surface area contributed by atoms with Crippen LogP contribution >= 0.6 is 20.7 Å². The van der Waals surface area contributed by atoms with Crippen molar-refractivity contribution in [3.05, 3.63) is 0 Å². The van der Waals surface area contributed by atoms with Gasteiger partial charge < -0.3 is 4.90 Å². The first kappa shape index (κ1) is 9.61. The van der Waals surface area contributed by atoms with E-state index in [1.807, 2.05) is 0 Å². The van der Waals surface area contributed by atoms with Gasteiger partial charge in [-0.25, -0.2) is 0 Å². The molecule has 1 aliphatic heterocycles. The van der Waals surface area contributed by atoms with Crippen molar-refractivity contribution in [3.8, 4) is 0 Å². The lowest BCUT2D eigenvalue weighted by molar-refractivity contribution is 0.158. The largest absolute Gasteiger partial charge is 0.301 e. The molecule has 1 fully saturated rings. The molecule has 0 spiro atoms. The van der Waals surface area contributed by atoms with Crippen molar-refractivity contribution in [3.63, 3.8) is 0 Å². The van der Waals surface area contributed by atoms with E-state index in [0.29, 0.717) is 0 Å². The minimum Gasteiger partial charge on any atom is -0.301 e. The van der Waals surface area contributed by atoms with Crippen LogP contribution in [0, 0.1) is 0 Å². The van der Waals surface area contributed by atoms with Gasteiger partial charge in [-0.1, -0.05) is 11.4 Å². The van der Waals surface area contributed by atoms with Gasteiger partial charge in [0.15, 0.2) is 0 Å². The zero-order valence-electron chi connectivity index (χ0n) is 7.22. The molecule has 1 aliphatic rings. The Bertz CT molecular complexity index is 119. The number of likely N-dealkylation sites (N-methyl/N-ethyl adjacent to an activating group) is 1. The Balaban J connectivity index is 2.18. The third-order valence-electron chi connectivity index (χ3n) is 2.17. The first-order chi connectivity index (χ1) is 5.36. The molecule has 0 aliphatic carbocycles. The van der Waals surface area contributed by atoms with Gasteiger partial charge >= 0.3 is 0 Å². The van der Waals surface area contributed by atoms with Crippen molar-refractivity contribution in [2.45, 2.75) is 6.92 Å². The van der Waals surface area contributed by atoms with E-state index in [2.05, 4.69) is 21.2 Å². The van der Waals surface area contributed by atoms with Gasteiger partial charge in [-0.15, -0.1) is 20.7 Å². The van der Waals surface area contributed by atoms with Crippen LogP contribution in [0.25, 0.3) is 0 Å². The first-order valence-electron chi connectivity index (χ1n) is 4.14. The van der Waals surface area contributed by atoms with E-state index in [1.54, 1.807) is 0 Å². The lowest BCUT2D eigenvalue weighted by Gasteiger charge is -2.32. The highest BCUT2D eigenvalue weighted by Gasteiger charge is 2.13. The van der Waals surface area contributed by atoms with Crippen molar-refractivity contribution in [2.75, 3.05) is 37.3 Å². The SMILES string of the molecule is C=ICN1CCN(CC)CC1. The molecular weight excluding hydrogens is 251 g/mol. The Morgan fingerprint density at radius 3 is 2.18 bits per heavy atom. The van der Waals surface area contributed by atoms with Gasteiger partial charge in [-0.3, -0.25) is 4.90 Å². The second-order valence-corrected chi connectivity index (χ2v) is 4.62. The number of halogens is 1. The Labute approximate surface area is 79.3 Å². The van der Waals surface area contributed by atoms with Crippen LogP contribution in [-0.2, 0) is 0 Å². The average molecular weight is 268 g/mol. The quantitative estimate of drug-likeness (QED) is 0.428. The molecule has 0 aromatic rings. The van der Waals surface area contributed by atoms with E-state index in [4.69, 9.17) is 0 Å². The molecule has 0 bridgehead atoms. The predicted octanol–water partition coefficient (Wildman–Crippen LogP) is 0.984. The highest BCUT2D eigenvalue weighted by Crippen LogP contribution is 2.04. The van der Waals surface area contributed by atoms with Crippen LogP contribution in [0.15, 0.2) is 0 Å².